The highest BCUT2D eigenvalue weighted by atomic mass is 32.2. The molecule has 2 heterocycles. The quantitative estimate of drug-likeness (QED) is 0.617. The Balaban J connectivity index is 2.13. The van der Waals surface area contributed by atoms with Gasteiger partial charge in [-0.2, -0.15) is 0 Å². The molecule has 0 aromatic carbocycles. The number of anilines is 2. The molecule has 1 atom stereocenters. The topological polar surface area (TPSA) is 50.3 Å². The van der Waals surface area contributed by atoms with Crippen LogP contribution in [0.2, 0.25) is 0 Å². The van der Waals surface area contributed by atoms with Crippen molar-refractivity contribution in [2.24, 2.45) is 5.92 Å². The van der Waals surface area contributed by atoms with Gasteiger partial charge in [-0.05, 0) is 31.4 Å². The Hall–Kier alpha value is -1.01. The van der Waals surface area contributed by atoms with Crippen molar-refractivity contribution in [2.45, 2.75) is 31.3 Å². The molecular weight excluding hydrogens is 284 g/mol. The van der Waals surface area contributed by atoms with Gasteiger partial charge >= 0.3 is 0 Å². The molecule has 5 nitrogen and oxygen atoms in total. The van der Waals surface area contributed by atoms with E-state index in [4.69, 9.17) is 4.74 Å². The molecule has 0 spiro atoms. The van der Waals surface area contributed by atoms with Crippen LogP contribution in [0.15, 0.2) is 11.2 Å². The molecule has 1 aromatic rings. The molecule has 1 N–H and O–H groups in total. The van der Waals surface area contributed by atoms with E-state index in [0.29, 0.717) is 5.92 Å². The monoisotopic (exact) mass is 310 g/mol. The van der Waals surface area contributed by atoms with Crippen LogP contribution in [0.1, 0.15) is 26.2 Å². The summed E-state index contributed by atoms with van der Waals surface area (Å²) in [5.41, 5.74) is 0. The Morgan fingerprint density at radius 3 is 3.05 bits per heavy atom. The Kier molecular flexibility index (Phi) is 6.57. The molecule has 21 heavy (non-hydrogen) atoms. The van der Waals surface area contributed by atoms with Gasteiger partial charge in [-0.1, -0.05) is 18.7 Å². The predicted molar refractivity (Wildman–Crippen MR) is 89.4 cm³/mol. The Morgan fingerprint density at radius 1 is 1.48 bits per heavy atom. The average molecular weight is 310 g/mol. The minimum Gasteiger partial charge on any atom is -0.384 e. The molecule has 0 saturated carbocycles. The third-order valence-corrected chi connectivity index (χ3v) is 4.22. The van der Waals surface area contributed by atoms with Gasteiger partial charge in [0.05, 0.1) is 6.61 Å². The average Bonchev–Trinajstić information content (AvgIpc) is 2.53. The summed E-state index contributed by atoms with van der Waals surface area (Å²) in [5, 5.41) is 4.20. The minimum absolute atomic E-state index is 0.600. The second-order valence-electron chi connectivity index (χ2n) is 5.43. The molecule has 1 saturated heterocycles. The van der Waals surface area contributed by atoms with E-state index in [0.717, 1.165) is 49.5 Å². The molecule has 118 valence electrons. The fourth-order valence-electron chi connectivity index (χ4n) is 2.65. The zero-order valence-corrected chi connectivity index (χ0v) is 14.1. The molecule has 1 aromatic heterocycles. The van der Waals surface area contributed by atoms with Crippen LogP contribution < -0.4 is 10.2 Å². The maximum Gasteiger partial charge on any atom is 0.191 e. The van der Waals surface area contributed by atoms with Crippen LogP contribution in [-0.4, -0.2) is 49.6 Å². The van der Waals surface area contributed by atoms with E-state index in [1.165, 1.54) is 12.8 Å². The summed E-state index contributed by atoms with van der Waals surface area (Å²) in [5.74, 6) is 2.57. The number of hydrogen-bond acceptors (Lipinski definition) is 6. The van der Waals surface area contributed by atoms with Gasteiger partial charge in [0.1, 0.15) is 11.6 Å². The van der Waals surface area contributed by atoms with Crippen molar-refractivity contribution in [3.63, 3.8) is 0 Å². The van der Waals surface area contributed by atoms with E-state index in [1.54, 1.807) is 18.9 Å². The Labute approximate surface area is 131 Å². The molecule has 2 rings (SSSR count). The molecule has 1 aliphatic rings. The molecule has 1 fully saturated rings. The van der Waals surface area contributed by atoms with E-state index in [9.17, 15) is 0 Å². The number of ether oxygens (including phenoxy) is 1. The van der Waals surface area contributed by atoms with Gasteiger partial charge in [0.2, 0.25) is 0 Å². The van der Waals surface area contributed by atoms with Crippen LogP contribution >= 0.6 is 11.8 Å². The maximum atomic E-state index is 5.31. The number of methoxy groups -OCH3 is 1. The molecule has 0 aliphatic carbocycles. The molecule has 6 heteroatoms. The van der Waals surface area contributed by atoms with E-state index in [1.807, 2.05) is 6.26 Å². The summed E-state index contributed by atoms with van der Waals surface area (Å²) in [6.07, 6.45) is 5.55. The zero-order valence-electron chi connectivity index (χ0n) is 13.3. The van der Waals surface area contributed by atoms with Crippen molar-refractivity contribution in [3.05, 3.63) is 6.07 Å². The van der Waals surface area contributed by atoms with Crippen molar-refractivity contribution in [1.82, 2.24) is 9.97 Å². The molecule has 1 aliphatic heterocycles. The fraction of sp³-hybridized carbons (Fsp3) is 0.733. The number of rotatable bonds is 7. The van der Waals surface area contributed by atoms with Gasteiger partial charge in [0, 0.05) is 32.8 Å². The molecule has 0 radical (unpaired) electrons. The lowest BCUT2D eigenvalue weighted by molar-refractivity contribution is 0.143. The van der Waals surface area contributed by atoms with Crippen molar-refractivity contribution in [2.75, 3.05) is 49.8 Å². The first-order chi connectivity index (χ1) is 10.3. The lowest BCUT2D eigenvalue weighted by Gasteiger charge is -2.33. The maximum absolute atomic E-state index is 5.31. The first-order valence-corrected chi connectivity index (χ1v) is 8.90. The number of thioether (sulfide) groups is 1. The smallest absolute Gasteiger partial charge is 0.191 e. The number of hydrogen-bond donors (Lipinski definition) is 1. The van der Waals surface area contributed by atoms with Crippen molar-refractivity contribution in [1.29, 1.82) is 0 Å². The van der Waals surface area contributed by atoms with Gasteiger partial charge in [-0.3, -0.25) is 0 Å². The largest absolute Gasteiger partial charge is 0.384 e. The SMILES string of the molecule is CCCNc1cc(N2CCCC(COC)C2)nc(SC)n1. The number of piperidine rings is 1. The lowest BCUT2D eigenvalue weighted by atomic mass is 9.99. The zero-order chi connectivity index (χ0) is 15.1. The highest BCUT2D eigenvalue weighted by Crippen LogP contribution is 2.25. The minimum atomic E-state index is 0.600. The Bertz CT molecular complexity index is 442. The first-order valence-electron chi connectivity index (χ1n) is 7.67. The number of nitrogens with zero attached hydrogens (tertiary/aromatic N) is 3. The number of nitrogens with one attached hydrogen (secondary N) is 1. The second-order valence-corrected chi connectivity index (χ2v) is 6.21. The predicted octanol–water partition coefficient (Wildman–Crippen LogP) is 2.88. The van der Waals surface area contributed by atoms with E-state index in [-0.39, 0.29) is 0 Å². The fourth-order valence-corrected chi connectivity index (χ4v) is 3.03. The van der Waals surface area contributed by atoms with Gasteiger partial charge in [-0.15, -0.1) is 0 Å². The van der Waals surface area contributed by atoms with Gasteiger partial charge < -0.3 is 15.0 Å². The van der Waals surface area contributed by atoms with Gasteiger partial charge in [-0.25, -0.2) is 9.97 Å². The summed E-state index contributed by atoms with van der Waals surface area (Å²) in [4.78, 5) is 11.6. The van der Waals surface area contributed by atoms with Crippen LogP contribution in [0.3, 0.4) is 0 Å². The van der Waals surface area contributed by atoms with Crippen LogP contribution in [0.4, 0.5) is 11.6 Å². The van der Waals surface area contributed by atoms with Crippen LogP contribution in [0.5, 0.6) is 0 Å². The van der Waals surface area contributed by atoms with Gasteiger partial charge in [0.25, 0.3) is 0 Å². The van der Waals surface area contributed by atoms with E-state index >= 15 is 0 Å². The summed E-state index contributed by atoms with van der Waals surface area (Å²) >= 11 is 1.59. The summed E-state index contributed by atoms with van der Waals surface area (Å²) < 4.78 is 5.31. The first kappa shape index (κ1) is 16.4. The third kappa shape index (κ3) is 4.74. The van der Waals surface area contributed by atoms with Crippen molar-refractivity contribution in [3.8, 4) is 0 Å². The second kappa shape index (κ2) is 8.44. The van der Waals surface area contributed by atoms with Crippen LogP contribution in [0, 0.1) is 5.92 Å². The highest BCUT2D eigenvalue weighted by Gasteiger charge is 2.21. The van der Waals surface area contributed by atoms with Crippen LogP contribution in [-0.2, 0) is 4.74 Å². The van der Waals surface area contributed by atoms with E-state index in [2.05, 4.69) is 33.2 Å². The number of aromatic nitrogens is 2. The van der Waals surface area contributed by atoms with Crippen molar-refractivity contribution >= 4 is 23.4 Å². The molecular formula is C15H26N4OS. The summed E-state index contributed by atoms with van der Waals surface area (Å²) in [6.45, 7) is 6.02. The molecule has 0 bridgehead atoms. The third-order valence-electron chi connectivity index (χ3n) is 3.68. The van der Waals surface area contributed by atoms with Crippen molar-refractivity contribution < 1.29 is 4.74 Å². The molecule has 1 unspecified atom stereocenters. The molecule has 0 amide bonds. The Morgan fingerprint density at radius 2 is 2.33 bits per heavy atom. The standard InChI is InChI=1S/C15H26N4OS/c1-4-7-16-13-9-14(18-15(17-13)21-3)19-8-5-6-12(10-19)11-20-2/h9,12H,4-8,10-11H2,1-3H3,(H,16,17,18). The van der Waals surface area contributed by atoms with Crippen LogP contribution in [0.25, 0.3) is 0 Å². The summed E-state index contributed by atoms with van der Waals surface area (Å²) in [7, 11) is 1.78. The van der Waals surface area contributed by atoms with E-state index < -0.39 is 0 Å². The van der Waals surface area contributed by atoms with Gasteiger partial charge in [0.15, 0.2) is 5.16 Å². The lowest BCUT2D eigenvalue weighted by Crippen LogP contribution is -2.37. The summed E-state index contributed by atoms with van der Waals surface area (Å²) in [6, 6.07) is 2.07. The normalized spacial score (nSPS) is 18.8. The highest BCUT2D eigenvalue weighted by molar-refractivity contribution is 7.98.